The van der Waals surface area contributed by atoms with E-state index in [0.717, 1.165) is 17.0 Å². The zero-order valence-corrected chi connectivity index (χ0v) is 9.28. The van der Waals surface area contributed by atoms with Crippen LogP contribution in [0, 0.1) is 6.92 Å². The molecule has 0 atom stereocenters. The van der Waals surface area contributed by atoms with Crippen LogP contribution in [0.1, 0.15) is 37.7 Å². The van der Waals surface area contributed by atoms with Crippen molar-refractivity contribution in [3.8, 4) is 0 Å². The molecule has 14 heavy (non-hydrogen) atoms. The molecule has 0 saturated carbocycles. The zero-order valence-electron chi connectivity index (χ0n) is 9.28. The predicted octanol–water partition coefficient (Wildman–Crippen LogP) is 2.88. The van der Waals surface area contributed by atoms with E-state index in [1.54, 1.807) is 6.08 Å². The van der Waals surface area contributed by atoms with Gasteiger partial charge in [0.2, 0.25) is 0 Å². The van der Waals surface area contributed by atoms with Crippen molar-refractivity contribution in [3.63, 3.8) is 0 Å². The minimum Gasteiger partial charge on any atom is -0.135 e. The molecular weight excluding hydrogens is 174 g/mol. The summed E-state index contributed by atoms with van der Waals surface area (Å²) >= 11 is 0. The summed E-state index contributed by atoms with van der Waals surface area (Å²) in [5.41, 5.74) is 2.64. The Bertz CT molecular complexity index is 316. The average Bonchev–Trinajstić information content (AvgIpc) is 2.24. The topological polar surface area (TPSA) is 38.7 Å². The summed E-state index contributed by atoms with van der Waals surface area (Å²) in [6.07, 6.45) is 5.57. The Kier molecular flexibility index (Phi) is 6.20. The highest BCUT2D eigenvalue weighted by atomic mass is 15.3. The summed E-state index contributed by atoms with van der Waals surface area (Å²) in [5.74, 6) is 0. The molecule has 0 aliphatic carbocycles. The van der Waals surface area contributed by atoms with E-state index < -0.39 is 0 Å². The minimum absolute atomic E-state index is 0.778. The molecule has 0 saturated heterocycles. The summed E-state index contributed by atoms with van der Waals surface area (Å²) in [7, 11) is 0. The highest BCUT2D eigenvalue weighted by molar-refractivity contribution is 5.62. The van der Waals surface area contributed by atoms with Crippen LogP contribution >= 0.6 is 0 Å². The molecule has 0 aliphatic heterocycles. The first-order chi connectivity index (χ1) is 6.79. The van der Waals surface area contributed by atoms with Gasteiger partial charge in [-0.3, -0.25) is 0 Å². The van der Waals surface area contributed by atoms with Crippen LogP contribution in [-0.4, -0.2) is 15.4 Å². The van der Waals surface area contributed by atoms with Crippen molar-refractivity contribution in [3.05, 3.63) is 29.6 Å². The van der Waals surface area contributed by atoms with E-state index in [-0.39, 0.29) is 0 Å². The number of hydrogen-bond donors (Lipinski definition) is 0. The summed E-state index contributed by atoms with van der Waals surface area (Å²) in [5, 5.41) is 11.3. The highest BCUT2D eigenvalue weighted by Gasteiger charge is 2.01. The van der Waals surface area contributed by atoms with Crippen molar-refractivity contribution in [2.24, 2.45) is 0 Å². The second kappa shape index (κ2) is 6.95. The number of hydrogen-bond acceptors (Lipinski definition) is 3. The molecule has 0 spiro atoms. The first kappa shape index (κ1) is 12.5. The summed E-state index contributed by atoms with van der Waals surface area (Å²) < 4.78 is 0. The van der Waals surface area contributed by atoms with E-state index in [1.165, 1.54) is 0 Å². The van der Waals surface area contributed by atoms with Gasteiger partial charge in [0.15, 0.2) is 0 Å². The Balaban J connectivity index is 0.000000791. The molecule has 76 valence electrons. The van der Waals surface area contributed by atoms with Crippen molar-refractivity contribution >= 4 is 12.2 Å². The van der Waals surface area contributed by atoms with Crippen LogP contribution in [0.25, 0.3) is 12.2 Å². The Hall–Kier alpha value is -1.51. The quantitative estimate of drug-likeness (QED) is 0.721. The lowest BCUT2D eigenvalue weighted by atomic mass is 10.1. The number of aryl methyl sites for hydroxylation is 1. The molecule has 1 aromatic heterocycles. The van der Waals surface area contributed by atoms with Gasteiger partial charge in [-0.25, -0.2) is 0 Å². The van der Waals surface area contributed by atoms with Crippen LogP contribution in [0.15, 0.2) is 12.7 Å². The van der Waals surface area contributed by atoms with Crippen LogP contribution in [0.5, 0.6) is 0 Å². The van der Waals surface area contributed by atoms with Crippen molar-refractivity contribution < 1.29 is 0 Å². The van der Waals surface area contributed by atoms with Gasteiger partial charge in [0.05, 0.1) is 11.4 Å². The fourth-order valence-electron chi connectivity index (χ4n) is 0.954. The second-order valence-corrected chi connectivity index (χ2v) is 2.38. The highest BCUT2D eigenvalue weighted by Crippen LogP contribution is 2.10. The second-order valence-electron chi connectivity index (χ2n) is 2.38. The lowest BCUT2D eigenvalue weighted by Gasteiger charge is -1.99. The standard InChI is InChI=1S/C9H11N3.C2H6/c1-4-6-8-7(3)10-12-11-9(8)5-2;1-2/h4-6H,2H2,1,3H3;1-2H3/b6-4-;. The number of allylic oxidation sites excluding steroid dienone is 1. The average molecular weight is 191 g/mol. The van der Waals surface area contributed by atoms with Gasteiger partial charge in [-0.05, 0) is 25.1 Å². The Labute approximate surface area is 85.6 Å². The van der Waals surface area contributed by atoms with Crippen LogP contribution in [0.4, 0.5) is 0 Å². The maximum Gasteiger partial charge on any atom is 0.0960 e. The van der Waals surface area contributed by atoms with Crippen molar-refractivity contribution in [1.29, 1.82) is 0 Å². The zero-order chi connectivity index (χ0) is 11.0. The molecule has 0 unspecified atom stereocenters. The smallest absolute Gasteiger partial charge is 0.0960 e. The summed E-state index contributed by atoms with van der Waals surface area (Å²) in [4.78, 5) is 0. The molecule has 0 bridgehead atoms. The van der Waals surface area contributed by atoms with Gasteiger partial charge >= 0.3 is 0 Å². The van der Waals surface area contributed by atoms with Crippen molar-refractivity contribution in [2.45, 2.75) is 27.7 Å². The van der Waals surface area contributed by atoms with E-state index in [4.69, 9.17) is 0 Å². The molecule has 0 amide bonds. The molecule has 0 aromatic carbocycles. The maximum atomic E-state index is 3.85. The van der Waals surface area contributed by atoms with Gasteiger partial charge in [-0.2, -0.15) is 0 Å². The lowest BCUT2D eigenvalue weighted by molar-refractivity contribution is 0.829. The molecule has 1 heterocycles. The Morgan fingerprint density at radius 1 is 1.21 bits per heavy atom. The first-order valence-corrected chi connectivity index (χ1v) is 4.74. The molecule has 1 aromatic rings. The summed E-state index contributed by atoms with van der Waals surface area (Å²) in [6.45, 7) is 11.5. The third kappa shape index (κ3) is 3.09. The number of rotatable bonds is 2. The van der Waals surface area contributed by atoms with Gasteiger partial charge < -0.3 is 0 Å². The van der Waals surface area contributed by atoms with E-state index in [9.17, 15) is 0 Å². The normalized spacial score (nSPS) is 9.43. The van der Waals surface area contributed by atoms with Crippen molar-refractivity contribution in [2.75, 3.05) is 0 Å². The van der Waals surface area contributed by atoms with Gasteiger partial charge in [-0.15, -0.1) is 10.2 Å². The molecule has 0 N–H and O–H groups in total. The van der Waals surface area contributed by atoms with Crippen LogP contribution < -0.4 is 0 Å². The maximum absolute atomic E-state index is 3.85. The minimum atomic E-state index is 0.778. The SMILES string of the molecule is C=Cc1nnnc(C)c1/C=C\C.CC. The van der Waals surface area contributed by atoms with Gasteiger partial charge in [0, 0.05) is 5.56 Å². The third-order valence-corrected chi connectivity index (χ3v) is 1.54. The lowest BCUT2D eigenvalue weighted by Crippen LogP contribution is -1.98. The monoisotopic (exact) mass is 191 g/mol. The van der Waals surface area contributed by atoms with E-state index in [1.807, 2.05) is 39.8 Å². The van der Waals surface area contributed by atoms with E-state index in [0.29, 0.717) is 0 Å². The summed E-state index contributed by atoms with van der Waals surface area (Å²) in [6, 6.07) is 0. The van der Waals surface area contributed by atoms with Crippen molar-refractivity contribution in [1.82, 2.24) is 15.4 Å². The first-order valence-electron chi connectivity index (χ1n) is 4.74. The number of aromatic nitrogens is 3. The van der Waals surface area contributed by atoms with Gasteiger partial charge in [-0.1, -0.05) is 32.6 Å². The van der Waals surface area contributed by atoms with E-state index in [2.05, 4.69) is 22.0 Å². The molecule has 0 radical (unpaired) electrons. The largest absolute Gasteiger partial charge is 0.135 e. The van der Waals surface area contributed by atoms with Crippen LogP contribution in [0.3, 0.4) is 0 Å². The van der Waals surface area contributed by atoms with Crippen LogP contribution in [0.2, 0.25) is 0 Å². The fourth-order valence-corrected chi connectivity index (χ4v) is 0.954. The molecule has 3 nitrogen and oxygen atoms in total. The Morgan fingerprint density at radius 3 is 2.36 bits per heavy atom. The van der Waals surface area contributed by atoms with Gasteiger partial charge in [0.25, 0.3) is 0 Å². The molecule has 0 aliphatic rings. The predicted molar refractivity (Wildman–Crippen MR) is 60.7 cm³/mol. The van der Waals surface area contributed by atoms with Crippen LogP contribution in [-0.2, 0) is 0 Å². The number of nitrogens with zero attached hydrogens (tertiary/aromatic N) is 3. The third-order valence-electron chi connectivity index (χ3n) is 1.54. The fraction of sp³-hybridized carbons (Fsp3) is 0.364. The molecular formula is C11H17N3. The molecule has 1 rings (SSSR count). The Morgan fingerprint density at radius 2 is 1.86 bits per heavy atom. The van der Waals surface area contributed by atoms with E-state index >= 15 is 0 Å². The molecule has 0 fully saturated rings. The molecule has 3 heteroatoms. The van der Waals surface area contributed by atoms with Gasteiger partial charge in [0.1, 0.15) is 0 Å².